The number of carbonyl (C=O) groups excluding carboxylic acids is 1. The zero-order chi connectivity index (χ0) is 8.69. The maximum Gasteiger partial charge on any atom is 1.00 e. The molecule has 0 aromatic heterocycles. The first-order valence-corrected chi connectivity index (χ1v) is 3.43. The van der Waals surface area contributed by atoms with E-state index >= 15 is 0 Å². The summed E-state index contributed by atoms with van der Waals surface area (Å²) in [5.41, 5.74) is 4.91. The van der Waals surface area contributed by atoms with Crippen LogP contribution in [0, 0.1) is 0 Å². The van der Waals surface area contributed by atoms with Crippen molar-refractivity contribution in [3.05, 3.63) is 0 Å². The van der Waals surface area contributed by atoms with Crippen LogP contribution in [0.5, 0.6) is 0 Å². The van der Waals surface area contributed by atoms with Gasteiger partial charge in [-0.05, 0) is 0 Å². The Labute approximate surface area is 95.3 Å². The number of primary amides is 1. The summed E-state index contributed by atoms with van der Waals surface area (Å²) >= 11 is 0. The van der Waals surface area contributed by atoms with Crippen LogP contribution >= 0.6 is 0 Å². The largest absolute Gasteiger partial charge is 1.00 e. The van der Waals surface area contributed by atoms with Crippen LogP contribution < -0.4 is 35.3 Å². The zero-order valence-electron chi connectivity index (χ0n) is 8.36. The van der Waals surface area contributed by atoms with Crippen molar-refractivity contribution in [2.75, 3.05) is 32.8 Å². The van der Waals surface area contributed by atoms with Crippen LogP contribution in [0.2, 0.25) is 0 Å². The second-order valence-corrected chi connectivity index (χ2v) is 2.19. The van der Waals surface area contributed by atoms with Crippen molar-refractivity contribution in [1.29, 1.82) is 0 Å². The third-order valence-corrected chi connectivity index (χ3v) is 1.21. The molecule has 5 nitrogen and oxygen atoms in total. The molecule has 0 aliphatic carbocycles. The Hall–Kier alpha value is 0.350. The van der Waals surface area contributed by atoms with E-state index in [4.69, 9.17) is 15.9 Å². The molecule has 1 amide bonds. The molecule has 12 heavy (non-hydrogen) atoms. The van der Waals surface area contributed by atoms with Crippen LogP contribution in [0.15, 0.2) is 0 Å². The smallest absolute Gasteiger partial charge is 1.00 e. The van der Waals surface area contributed by atoms with E-state index in [1.54, 1.807) is 4.90 Å². The molecule has 0 aliphatic rings. The molecule has 0 bridgehead atoms. The molecule has 0 aromatic carbocycles. The molecule has 0 saturated carbocycles. The van der Waals surface area contributed by atoms with Crippen molar-refractivity contribution < 1.29 is 46.0 Å². The van der Waals surface area contributed by atoms with E-state index in [9.17, 15) is 4.79 Å². The van der Waals surface area contributed by atoms with Gasteiger partial charge in [0.25, 0.3) is 0 Å². The fourth-order valence-corrected chi connectivity index (χ4v) is 0.773. The number of rotatable bonds is 6. The van der Waals surface area contributed by atoms with Crippen LogP contribution in [0.25, 0.3) is 0 Å². The quantitative estimate of drug-likeness (QED) is 0.362. The number of hydrogen-bond acceptors (Lipinski definition) is 4. The Morgan fingerprint density at radius 1 is 1.33 bits per heavy atom. The molecular formula is C6H15N2NaO3. The molecular weight excluding hydrogens is 171 g/mol. The average Bonchev–Trinajstić information content (AvgIpc) is 1.87. The third-order valence-electron chi connectivity index (χ3n) is 1.21. The van der Waals surface area contributed by atoms with E-state index in [1.165, 1.54) is 0 Å². The van der Waals surface area contributed by atoms with Gasteiger partial charge in [0.2, 0.25) is 5.91 Å². The van der Waals surface area contributed by atoms with Crippen LogP contribution in [0.1, 0.15) is 1.43 Å². The maximum atomic E-state index is 10.4. The monoisotopic (exact) mass is 186 g/mol. The fourth-order valence-electron chi connectivity index (χ4n) is 0.773. The van der Waals surface area contributed by atoms with Crippen molar-refractivity contribution in [2.45, 2.75) is 0 Å². The Kier molecular flexibility index (Phi) is 11.7. The molecule has 0 aliphatic heterocycles. The predicted molar refractivity (Wildman–Crippen MR) is 40.9 cm³/mol. The summed E-state index contributed by atoms with van der Waals surface area (Å²) in [6.45, 7) is 0.745. The van der Waals surface area contributed by atoms with Crippen LogP contribution in [-0.2, 0) is 4.79 Å². The predicted octanol–water partition coefficient (Wildman–Crippen LogP) is -5.13. The number of carbonyl (C=O) groups is 1. The number of aliphatic hydroxyl groups excluding tert-OH is 2. The van der Waals surface area contributed by atoms with Gasteiger partial charge in [0.05, 0.1) is 19.8 Å². The first-order chi connectivity index (χ1) is 5.20. The van der Waals surface area contributed by atoms with Gasteiger partial charge in [-0.25, -0.2) is 0 Å². The second kappa shape index (κ2) is 9.44. The number of aliphatic hydroxyl groups is 2. The van der Waals surface area contributed by atoms with Gasteiger partial charge < -0.3 is 17.4 Å². The molecule has 68 valence electrons. The molecule has 6 heteroatoms. The Morgan fingerprint density at radius 2 is 1.75 bits per heavy atom. The second-order valence-electron chi connectivity index (χ2n) is 2.19. The van der Waals surface area contributed by atoms with E-state index in [1.807, 2.05) is 0 Å². The first kappa shape index (κ1) is 14.9. The van der Waals surface area contributed by atoms with Crippen molar-refractivity contribution in [3.63, 3.8) is 0 Å². The van der Waals surface area contributed by atoms with Crippen molar-refractivity contribution in [2.24, 2.45) is 5.73 Å². The van der Waals surface area contributed by atoms with E-state index < -0.39 is 5.91 Å². The minimum Gasteiger partial charge on any atom is -1.00 e. The van der Waals surface area contributed by atoms with E-state index in [-0.39, 0.29) is 50.7 Å². The molecule has 4 N–H and O–H groups in total. The van der Waals surface area contributed by atoms with Gasteiger partial charge in [-0.2, -0.15) is 0 Å². The molecule has 0 unspecified atom stereocenters. The standard InChI is InChI=1S/C6H14N2O3.Na.H/c7-6(11)5-8(1-3-9)2-4-10;;/h9-10H,1-5H2,(H2,7,11);;/q;+1;-1. The van der Waals surface area contributed by atoms with E-state index in [0.29, 0.717) is 13.1 Å². The van der Waals surface area contributed by atoms with E-state index in [0.717, 1.165) is 0 Å². The summed E-state index contributed by atoms with van der Waals surface area (Å²) < 4.78 is 0. The Bertz CT molecular complexity index is 122. The van der Waals surface area contributed by atoms with Crippen molar-refractivity contribution >= 4 is 5.91 Å². The summed E-state index contributed by atoms with van der Waals surface area (Å²) in [5.74, 6) is -0.452. The molecule has 0 aromatic rings. The van der Waals surface area contributed by atoms with Crippen molar-refractivity contribution in [1.82, 2.24) is 4.90 Å². The molecule has 0 heterocycles. The molecule has 0 saturated heterocycles. The number of hydrogen-bond donors (Lipinski definition) is 3. The van der Waals surface area contributed by atoms with E-state index in [2.05, 4.69) is 0 Å². The van der Waals surface area contributed by atoms with Gasteiger partial charge in [-0.15, -0.1) is 0 Å². The van der Waals surface area contributed by atoms with Gasteiger partial charge in [-0.1, -0.05) is 0 Å². The normalized spacial score (nSPS) is 9.58. The summed E-state index contributed by atoms with van der Waals surface area (Å²) in [5, 5.41) is 17.0. The average molecular weight is 186 g/mol. The third kappa shape index (κ3) is 8.45. The first-order valence-electron chi connectivity index (χ1n) is 3.43. The number of amides is 1. The van der Waals surface area contributed by atoms with Gasteiger partial charge in [0.1, 0.15) is 0 Å². The molecule has 0 rings (SSSR count). The van der Waals surface area contributed by atoms with Gasteiger partial charge in [0, 0.05) is 13.1 Å². The van der Waals surface area contributed by atoms with Crippen LogP contribution in [0.3, 0.4) is 0 Å². The summed E-state index contributed by atoms with van der Waals surface area (Å²) in [7, 11) is 0. The number of nitrogens with two attached hydrogens (primary N) is 1. The summed E-state index contributed by atoms with van der Waals surface area (Å²) in [6, 6.07) is 0. The van der Waals surface area contributed by atoms with Gasteiger partial charge in [0.15, 0.2) is 0 Å². The van der Waals surface area contributed by atoms with Crippen LogP contribution in [0.4, 0.5) is 0 Å². The minimum absolute atomic E-state index is 0. The van der Waals surface area contributed by atoms with Crippen molar-refractivity contribution in [3.8, 4) is 0 Å². The topological polar surface area (TPSA) is 86.8 Å². The van der Waals surface area contributed by atoms with Gasteiger partial charge in [-0.3, -0.25) is 9.69 Å². The fraction of sp³-hybridized carbons (Fsp3) is 0.833. The Balaban J connectivity index is -0.000000500. The summed E-state index contributed by atoms with van der Waals surface area (Å²) in [6.07, 6.45) is 0. The zero-order valence-corrected chi connectivity index (χ0v) is 9.36. The number of nitrogens with zero attached hydrogens (tertiary/aromatic N) is 1. The molecule has 0 atom stereocenters. The van der Waals surface area contributed by atoms with Gasteiger partial charge >= 0.3 is 29.6 Å². The molecule has 0 fully saturated rings. The maximum absolute atomic E-state index is 10.4. The van der Waals surface area contributed by atoms with Crippen LogP contribution in [-0.4, -0.2) is 53.9 Å². The SMILES string of the molecule is NC(=O)CN(CCO)CCO.[H-].[Na+]. The molecule has 0 radical (unpaired) electrons. The molecule has 0 spiro atoms. The minimum atomic E-state index is -0.452. The Morgan fingerprint density at radius 3 is 2.00 bits per heavy atom. The summed E-state index contributed by atoms with van der Waals surface area (Å²) in [4.78, 5) is 12.0.